The smallest absolute Gasteiger partial charge is 0.0149 e. The van der Waals surface area contributed by atoms with E-state index >= 15 is 0 Å². The molecule has 0 nitrogen and oxygen atoms in total. The first-order valence-electron chi connectivity index (χ1n) is 18.4. The molecule has 0 heteroatoms. The first kappa shape index (κ1) is 34.9. The van der Waals surface area contributed by atoms with E-state index < -0.39 is 0 Å². The summed E-state index contributed by atoms with van der Waals surface area (Å²) in [5.74, 6) is 0. The second-order valence-electron chi connectivity index (χ2n) is 12.9. The van der Waals surface area contributed by atoms with Gasteiger partial charge in [0.1, 0.15) is 0 Å². The number of fused-ring (bicyclic) bond motifs is 1. The van der Waals surface area contributed by atoms with Crippen LogP contribution < -0.4 is 0 Å². The molecule has 0 aromatic heterocycles. The van der Waals surface area contributed by atoms with Gasteiger partial charge in [-0.3, -0.25) is 0 Å². The van der Waals surface area contributed by atoms with Crippen LogP contribution in [0.3, 0.4) is 0 Å². The van der Waals surface area contributed by atoms with Crippen LogP contribution in [0.2, 0.25) is 0 Å². The summed E-state index contributed by atoms with van der Waals surface area (Å²) in [6.07, 6.45) is 39.8. The Morgan fingerprint density at radius 2 is 0.725 bits per heavy atom. The highest BCUT2D eigenvalue weighted by Crippen LogP contribution is 2.26. The topological polar surface area (TPSA) is 0 Å². The highest BCUT2D eigenvalue weighted by Gasteiger charge is 2.08. The third-order valence-electron chi connectivity index (χ3n) is 9.22. The summed E-state index contributed by atoms with van der Waals surface area (Å²) in [6.45, 7) is 4.61. The summed E-state index contributed by atoms with van der Waals surface area (Å²) in [5.41, 5.74) is 3.31. The predicted molar refractivity (Wildman–Crippen MR) is 183 cm³/mol. The third kappa shape index (κ3) is 16.8. The van der Waals surface area contributed by atoms with Crippen LogP contribution in [0.25, 0.3) is 10.8 Å². The molecule has 2 rings (SSSR count). The lowest BCUT2D eigenvalue weighted by atomic mass is 9.91. The molecule has 40 heavy (non-hydrogen) atoms. The third-order valence-corrected chi connectivity index (χ3v) is 9.22. The Bertz CT molecular complexity index is 818. The van der Waals surface area contributed by atoms with Crippen LogP contribution in [0.15, 0.2) is 36.4 Å². The monoisotopic (exact) mass is 549 g/mol. The molecule has 0 unspecified atom stereocenters. The minimum Gasteiger partial charge on any atom is -0.0654 e. The van der Waals surface area contributed by atoms with Gasteiger partial charge in [-0.2, -0.15) is 0 Å². The molecular weight excluding hydrogens is 480 g/mol. The molecule has 2 aromatic rings. The zero-order valence-corrected chi connectivity index (χ0v) is 27.3. The minimum absolute atomic E-state index is 1.27. The summed E-state index contributed by atoms with van der Waals surface area (Å²) in [7, 11) is 0. The highest BCUT2D eigenvalue weighted by atomic mass is 14.1. The van der Waals surface area contributed by atoms with Crippen molar-refractivity contribution in [3.05, 3.63) is 47.5 Å². The number of hydrogen-bond acceptors (Lipinski definition) is 0. The summed E-state index contributed by atoms with van der Waals surface area (Å²) in [5, 5.41) is 2.95. The lowest BCUT2D eigenvalue weighted by Crippen LogP contribution is -1.97. The van der Waals surface area contributed by atoms with Crippen LogP contribution >= 0.6 is 0 Å². The average Bonchev–Trinajstić information content (AvgIpc) is 2.98. The number of aryl methyl sites for hydroxylation is 2. The van der Waals surface area contributed by atoms with Crippen molar-refractivity contribution >= 4 is 10.8 Å². The van der Waals surface area contributed by atoms with Gasteiger partial charge < -0.3 is 0 Å². The fourth-order valence-electron chi connectivity index (χ4n) is 6.56. The van der Waals surface area contributed by atoms with Crippen molar-refractivity contribution in [2.45, 2.75) is 194 Å². The Labute approximate surface area is 251 Å². The normalized spacial score (nSPS) is 11.6. The van der Waals surface area contributed by atoms with E-state index in [1.165, 1.54) is 191 Å². The van der Waals surface area contributed by atoms with Crippen LogP contribution in [-0.2, 0) is 12.8 Å². The molecule has 2 aromatic carbocycles. The van der Waals surface area contributed by atoms with Crippen LogP contribution in [0.5, 0.6) is 0 Å². The van der Waals surface area contributed by atoms with Crippen molar-refractivity contribution in [1.82, 2.24) is 0 Å². The minimum atomic E-state index is 1.27. The van der Waals surface area contributed by atoms with E-state index in [1.54, 1.807) is 11.1 Å². The van der Waals surface area contributed by atoms with Crippen molar-refractivity contribution in [3.63, 3.8) is 0 Å². The predicted octanol–water partition coefficient (Wildman–Crippen LogP) is 14.1. The highest BCUT2D eigenvalue weighted by molar-refractivity contribution is 5.86. The van der Waals surface area contributed by atoms with Gasteiger partial charge in [0.15, 0.2) is 0 Å². The summed E-state index contributed by atoms with van der Waals surface area (Å²) in [6, 6.07) is 14.0. The molecule has 0 spiro atoms. The Morgan fingerprint density at radius 3 is 1.18 bits per heavy atom. The van der Waals surface area contributed by atoms with E-state index in [0.717, 1.165) is 0 Å². The van der Waals surface area contributed by atoms with E-state index in [-0.39, 0.29) is 0 Å². The molecule has 0 aliphatic heterocycles. The first-order chi connectivity index (χ1) is 19.9. The summed E-state index contributed by atoms with van der Waals surface area (Å²) < 4.78 is 0. The van der Waals surface area contributed by atoms with E-state index in [4.69, 9.17) is 0 Å². The Hall–Kier alpha value is -1.30. The molecule has 228 valence electrons. The maximum atomic E-state index is 2.46. The zero-order valence-electron chi connectivity index (χ0n) is 27.3. The largest absolute Gasteiger partial charge is 0.0654 e. The molecule has 0 amide bonds. The SMILES string of the molecule is CCCCCCCCCCCCCCCc1ccc2ccccc2c1CCCCCCCCCCCCCCC. The van der Waals surface area contributed by atoms with Crippen LogP contribution in [0, 0.1) is 0 Å². The fourth-order valence-corrected chi connectivity index (χ4v) is 6.56. The molecule has 0 heterocycles. The Morgan fingerprint density at radius 1 is 0.350 bits per heavy atom. The van der Waals surface area contributed by atoms with Gasteiger partial charge in [-0.25, -0.2) is 0 Å². The molecule has 0 bridgehead atoms. The number of rotatable bonds is 28. The van der Waals surface area contributed by atoms with E-state index in [9.17, 15) is 0 Å². The molecule has 0 aliphatic carbocycles. The molecule has 0 radical (unpaired) electrons. The van der Waals surface area contributed by atoms with Crippen LogP contribution in [0.4, 0.5) is 0 Å². The van der Waals surface area contributed by atoms with Crippen molar-refractivity contribution in [1.29, 1.82) is 0 Å². The maximum Gasteiger partial charge on any atom is -0.0149 e. The van der Waals surface area contributed by atoms with Gasteiger partial charge in [0.25, 0.3) is 0 Å². The quantitative estimate of drug-likeness (QED) is 0.0927. The summed E-state index contributed by atoms with van der Waals surface area (Å²) in [4.78, 5) is 0. The molecule has 0 saturated heterocycles. The zero-order chi connectivity index (χ0) is 28.4. The van der Waals surface area contributed by atoms with Crippen LogP contribution in [-0.4, -0.2) is 0 Å². The molecule has 0 saturated carbocycles. The molecule has 0 fully saturated rings. The molecule has 0 aliphatic rings. The van der Waals surface area contributed by atoms with Gasteiger partial charge in [-0.15, -0.1) is 0 Å². The number of hydrogen-bond donors (Lipinski definition) is 0. The average molecular weight is 549 g/mol. The standard InChI is InChI=1S/C40H68/c1-3-5-7-9-11-13-15-17-19-21-23-25-27-31-37-35-36-38-32-29-30-34-40(38)39(37)33-28-26-24-22-20-18-16-14-12-10-8-6-4-2/h29-30,32,34-36H,3-28,31,33H2,1-2H3. The van der Waals surface area contributed by atoms with Crippen molar-refractivity contribution in [2.24, 2.45) is 0 Å². The van der Waals surface area contributed by atoms with Crippen molar-refractivity contribution in [3.8, 4) is 0 Å². The lowest BCUT2D eigenvalue weighted by Gasteiger charge is -2.14. The fraction of sp³-hybridized carbons (Fsp3) is 0.750. The van der Waals surface area contributed by atoms with Gasteiger partial charge in [-0.1, -0.05) is 204 Å². The number of benzene rings is 2. The second kappa shape index (κ2) is 25.4. The maximum absolute atomic E-state index is 2.46. The van der Waals surface area contributed by atoms with E-state index in [0.29, 0.717) is 0 Å². The lowest BCUT2D eigenvalue weighted by molar-refractivity contribution is 0.538. The van der Waals surface area contributed by atoms with Crippen molar-refractivity contribution in [2.75, 3.05) is 0 Å². The van der Waals surface area contributed by atoms with Crippen LogP contribution in [0.1, 0.15) is 192 Å². The molecule has 0 N–H and O–H groups in total. The summed E-state index contributed by atoms with van der Waals surface area (Å²) >= 11 is 0. The molecule has 0 atom stereocenters. The second-order valence-corrected chi connectivity index (χ2v) is 12.9. The number of unbranched alkanes of at least 4 members (excludes halogenated alkanes) is 24. The van der Waals surface area contributed by atoms with E-state index in [2.05, 4.69) is 50.2 Å². The van der Waals surface area contributed by atoms with E-state index in [1.807, 2.05) is 0 Å². The van der Waals surface area contributed by atoms with Crippen molar-refractivity contribution < 1.29 is 0 Å². The van der Waals surface area contributed by atoms with Gasteiger partial charge in [0, 0.05) is 0 Å². The van der Waals surface area contributed by atoms with Gasteiger partial charge >= 0.3 is 0 Å². The van der Waals surface area contributed by atoms with Gasteiger partial charge in [0.2, 0.25) is 0 Å². The van der Waals surface area contributed by atoms with Gasteiger partial charge in [-0.05, 0) is 47.6 Å². The molecular formula is C40H68. The Kier molecular flexibility index (Phi) is 22.2. The first-order valence-corrected chi connectivity index (χ1v) is 18.4. The van der Waals surface area contributed by atoms with Gasteiger partial charge in [0.05, 0.1) is 0 Å². The Balaban J connectivity index is 1.58.